The second kappa shape index (κ2) is 4.75. The Morgan fingerprint density at radius 3 is 2.89 bits per heavy atom. The molecule has 0 spiro atoms. The van der Waals surface area contributed by atoms with Gasteiger partial charge in [-0.1, -0.05) is 15.9 Å². The van der Waals surface area contributed by atoms with Crippen LogP contribution in [0.5, 0.6) is 0 Å². The van der Waals surface area contributed by atoms with Crippen LogP contribution in [0.2, 0.25) is 0 Å². The van der Waals surface area contributed by atoms with Gasteiger partial charge in [-0.2, -0.15) is 0 Å². The van der Waals surface area contributed by atoms with Crippen LogP contribution in [0, 0.1) is 0 Å². The van der Waals surface area contributed by atoms with Gasteiger partial charge < -0.3 is 10.3 Å². The second-order valence-electron chi connectivity index (χ2n) is 4.37. The Morgan fingerprint density at radius 2 is 2.11 bits per heavy atom. The van der Waals surface area contributed by atoms with Crippen LogP contribution in [0.25, 0.3) is 22.4 Å². The van der Waals surface area contributed by atoms with E-state index in [1.165, 1.54) is 0 Å². The highest BCUT2D eigenvalue weighted by molar-refractivity contribution is 9.10. The first-order valence-corrected chi connectivity index (χ1v) is 6.75. The molecular weight excluding hydrogens is 304 g/mol. The van der Waals surface area contributed by atoms with Crippen LogP contribution in [-0.4, -0.2) is 14.5 Å². The summed E-state index contributed by atoms with van der Waals surface area (Å²) in [5.41, 5.74) is 9.60. The molecule has 0 saturated carbocycles. The van der Waals surface area contributed by atoms with E-state index in [0.717, 1.165) is 32.6 Å². The Bertz CT molecular complexity index is 748. The van der Waals surface area contributed by atoms with Crippen LogP contribution < -0.4 is 5.73 Å². The molecule has 5 heteroatoms. The molecule has 1 aromatic carbocycles. The van der Waals surface area contributed by atoms with E-state index in [-0.39, 0.29) is 0 Å². The van der Waals surface area contributed by atoms with Crippen LogP contribution in [0.4, 0.5) is 0 Å². The summed E-state index contributed by atoms with van der Waals surface area (Å²) in [4.78, 5) is 8.89. The average Bonchev–Trinajstić information content (AvgIpc) is 2.75. The van der Waals surface area contributed by atoms with Gasteiger partial charge in [0.2, 0.25) is 0 Å². The number of hydrogen-bond donors (Lipinski definition) is 1. The highest BCUT2D eigenvalue weighted by Gasteiger charge is 2.10. The highest BCUT2D eigenvalue weighted by atomic mass is 79.9. The molecule has 0 unspecified atom stereocenters. The molecule has 0 aliphatic heterocycles. The van der Waals surface area contributed by atoms with Gasteiger partial charge in [0.05, 0.1) is 16.7 Å². The van der Waals surface area contributed by atoms with Crippen molar-refractivity contribution in [1.29, 1.82) is 0 Å². The first-order chi connectivity index (χ1) is 9.19. The van der Waals surface area contributed by atoms with Crippen molar-refractivity contribution in [2.45, 2.75) is 6.54 Å². The molecule has 2 heterocycles. The van der Waals surface area contributed by atoms with Gasteiger partial charge >= 0.3 is 0 Å². The number of imidazole rings is 1. The predicted octanol–water partition coefficient (Wildman–Crippen LogP) is 2.86. The maximum atomic E-state index is 5.63. The summed E-state index contributed by atoms with van der Waals surface area (Å²) in [6.45, 7) is 0.434. The van der Waals surface area contributed by atoms with E-state index in [1.807, 2.05) is 31.3 Å². The zero-order valence-electron chi connectivity index (χ0n) is 10.5. The van der Waals surface area contributed by atoms with E-state index in [9.17, 15) is 0 Å². The fourth-order valence-electron chi connectivity index (χ4n) is 2.16. The summed E-state index contributed by atoms with van der Waals surface area (Å²) in [7, 11) is 2.01. The predicted molar refractivity (Wildman–Crippen MR) is 79.5 cm³/mol. The molecule has 3 aromatic rings. The molecule has 0 amide bonds. The zero-order valence-corrected chi connectivity index (χ0v) is 12.1. The normalized spacial score (nSPS) is 11.1. The molecule has 19 heavy (non-hydrogen) atoms. The van der Waals surface area contributed by atoms with Crippen LogP contribution >= 0.6 is 15.9 Å². The van der Waals surface area contributed by atoms with Crippen molar-refractivity contribution in [3.05, 3.63) is 46.7 Å². The lowest BCUT2D eigenvalue weighted by atomic mass is 10.2. The number of benzene rings is 1. The monoisotopic (exact) mass is 316 g/mol. The Balaban J connectivity index is 2.21. The molecule has 0 saturated heterocycles. The Labute approximate surface area is 119 Å². The standard InChI is InChI=1S/C14H13BrN4/c1-19-13-3-2-10(15)7-12(13)18-14(19)9-4-5-17-11(6-9)8-16/h2-7H,8,16H2,1H3. The summed E-state index contributed by atoms with van der Waals surface area (Å²) in [5, 5.41) is 0. The molecule has 0 fully saturated rings. The third-order valence-corrected chi connectivity index (χ3v) is 3.62. The fourth-order valence-corrected chi connectivity index (χ4v) is 2.51. The maximum absolute atomic E-state index is 5.63. The smallest absolute Gasteiger partial charge is 0.140 e. The van der Waals surface area contributed by atoms with Crippen LogP contribution in [0.1, 0.15) is 5.69 Å². The number of fused-ring (bicyclic) bond motifs is 1. The fraction of sp³-hybridized carbons (Fsp3) is 0.143. The van der Waals surface area contributed by atoms with Gasteiger partial charge in [0.25, 0.3) is 0 Å². The van der Waals surface area contributed by atoms with E-state index in [0.29, 0.717) is 6.54 Å². The molecule has 0 atom stereocenters. The lowest BCUT2D eigenvalue weighted by Crippen LogP contribution is -2.00. The summed E-state index contributed by atoms with van der Waals surface area (Å²) in [5.74, 6) is 0.921. The number of aryl methyl sites for hydroxylation is 1. The molecule has 3 rings (SSSR count). The minimum Gasteiger partial charge on any atom is -0.327 e. The number of rotatable bonds is 2. The molecule has 2 aromatic heterocycles. The molecule has 0 aliphatic rings. The van der Waals surface area contributed by atoms with E-state index in [2.05, 4.69) is 36.5 Å². The maximum Gasteiger partial charge on any atom is 0.140 e. The quantitative estimate of drug-likeness (QED) is 0.791. The van der Waals surface area contributed by atoms with E-state index in [1.54, 1.807) is 6.20 Å². The number of nitrogens with zero attached hydrogens (tertiary/aromatic N) is 3. The third kappa shape index (κ3) is 2.15. The van der Waals surface area contributed by atoms with Gasteiger partial charge in [-0.05, 0) is 30.3 Å². The second-order valence-corrected chi connectivity index (χ2v) is 5.28. The number of nitrogens with two attached hydrogens (primary N) is 1. The van der Waals surface area contributed by atoms with Crippen molar-refractivity contribution in [3.63, 3.8) is 0 Å². The SMILES string of the molecule is Cn1c(-c2ccnc(CN)c2)nc2cc(Br)ccc21. The first kappa shape index (κ1) is 12.3. The summed E-state index contributed by atoms with van der Waals surface area (Å²) in [6.07, 6.45) is 1.77. The molecule has 96 valence electrons. The van der Waals surface area contributed by atoms with Crippen LogP contribution in [-0.2, 0) is 13.6 Å². The summed E-state index contributed by atoms with van der Waals surface area (Å²) < 4.78 is 3.11. The number of hydrogen-bond acceptors (Lipinski definition) is 3. The lowest BCUT2D eigenvalue weighted by molar-refractivity contribution is 0.950. The van der Waals surface area contributed by atoms with Gasteiger partial charge in [-0.25, -0.2) is 4.98 Å². The Morgan fingerprint density at radius 1 is 1.26 bits per heavy atom. The highest BCUT2D eigenvalue weighted by Crippen LogP contribution is 2.25. The van der Waals surface area contributed by atoms with E-state index in [4.69, 9.17) is 5.73 Å². The van der Waals surface area contributed by atoms with Gasteiger partial charge in [-0.3, -0.25) is 4.98 Å². The summed E-state index contributed by atoms with van der Waals surface area (Å²) in [6, 6.07) is 10.0. The number of aromatic nitrogens is 3. The first-order valence-electron chi connectivity index (χ1n) is 5.96. The minimum absolute atomic E-state index is 0.434. The van der Waals surface area contributed by atoms with Crippen molar-refractivity contribution in [1.82, 2.24) is 14.5 Å². The Hall–Kier alpha value is -1.72. The molecule has 0 aliphatic carbocycles. The third-order valence-electron chi connectivity index (χ3n) is 3.13. The zero-order chi connectivity index (χ0) is 13.4. The van der Waals surface area contributed by atoms with E-state index >= 15 is 0 Å². The minimum atomic E-state index is 0.434. The molecule has 0 radical (unpaired) electrons. The van der Waals surface area contributed by atoms with Crippen molar-refractivity contribution in [3.8, 4) is 11.4 Å². The van der Waals surface area contributed by atoms with E-state index < -0.39 is 0 Å². The van der Waals surface area contributed by atoms with Gasteiger partial charge in [0.1, 0.15) is 5.82 Å². The van der Waals surface area contributed by atoms with Crippen molar-refractivity contribution in [2.24, 2.45) is 12.8 Å². The van der Waals surface area contributed by atoms with Crippen LogP contribution in [0.3, 0.4) is 0 Å². The number of halogens is 1. The Kier molecular flexibility index (Phi) is 3.08. The molecule has 4 nitrogen and oxygen atoms in total. The van der Waals surface area contributed by atoms with Gasteiger partial charge in [0.15, 0.2) is 0 Å². The average molecular weight is 317 g/mol. The van der Waals surface area contributed by atoms with Gasteiger partial charge in [-0.15, -0.1) is 0 Å². The molecule has 0 bridgehead atoms. The summed E-state index contributed by atoms with van der Waals surface area (Å²) >= 11 is 3.47. The van der Waals surface area contributed by atoms with Gasteiger partial charge in [0, 0.05) is 29.8 Å². The molecule has 2 N–H and O–H groups in total. The number of pyridine rings is 1. The van der Waals surface area contributed by atoms with Crippen molar-refractivity contribution < 1.29 is 0 Å². The lowest BCUT2D eigenvalue weighted by Gasteiger charge is -2.03. The van der Waals surface area contributed by atoms with Crippen LogP contribution in [0.15, 0.2) is 41.0 Å². The largest absolute Gasteiger partial charge is 0.327 e. The van der Waals surface area contributed by atoms with Crippen molar-refractivity contribution >= 4 is 27.0 Å². The topological polar surface area (TPSA) is 56.7 Å². The van der Waals surface area contributed by atoms with Crippen molar-refractivity contribution in [2.75, 3.05) is 0 Å². The molecular formula is C14H13BrN4.